The van der Waals surface area contributed by atoms with Gasteiger partial charge in [-0.2, -0.15) is 4.72 Å². The van der Waals surface area contributed by atoms with E-state index in [0.29, 0.717) is 25.4 Å². The van der Waals surface area contributed by atoms with Crippen molar-refractivity contribution >= 4 is 43.0 Å². The van der Waals surface area contributed by atoms with Crippen LogP contribution in [0.4, 0.5) is 10.1 Å². The van der Waals surface area contributed by atoms with Gasteiger partial charge < -0.3 is 10.2 Å². The van der Waals surface area contributed by atoms with Crippen LogP contribution in [0.15, 0.2) is 52.7 Å². The van der Waals surface area contributed by atoms with Crippen molar-refractivity contribution in [1.82, 2.24) is 10.0 Å². The zero-order valence-corrected chi connectivity index (χ0v) is 21.8. The van der Waals surface area contributed by atoms with Crippen LogP contribution in [0.3, 0.4) is 0 Å². The lowest BCUT2D eigenvalue weighted by molar-refractivity contribution is -0.123. The molecule has 2 aliphatic rings. The predicted octanol–water partition coefficient (Wildman–Crippen LogP) is 4.84. The standard InChI is InChI=1S/C27H32FN3O3S2/c28-22-10-11-24-20(17-22)12-14-31(24)15-13-29-27(32)23(16-19-6-2-1-3-7-19)30-36(33,34)26-18-21-8-4-5-9-25(21)35-26/h4-5,8-11,17-19,23,30H,1-3,6-7,12-16H2,(H,29,32)/t23-/m0/s1. The normalized spacial score (nSPS) is 17.3. The summed E-state index contributed by atoms with van der Waals surface area (Å²) in [6.07, 6.45) is 6.77. The van der Waals surface area contributed by atoms with Gasteiger partial charge in [-0.25, -0.2) is 12.8 Å². The fourth-order valence-corrected chi connectivity index (χ4v) is 8.03. The van der Waals surface area contributed by atoms with Crippen molar-refractivity contribution in [3.8, 4) is 0 Å². The maximum absolute atomic E-state index is 13.5. The minimum atomic E-state index is -3.84. The number of fused-ring (bicyclic) bond motifs is 2. The van der Waals surface area contributed by atoms with E-state index in [4.69, 9.17) is 0 Å². The Hall–Kier alpha value is -2.49. The average Bonchev–Trinajstić information content (AvgIpc) is 3.48. The molecule has 0 radical (unpaired) electrons. The van der Waals surface area contributed by atoms with Gasteiger partial charge in [-0.1, -0.05) is 50.3 Å². The number of rotatable bonds is 9. The molecule has 0 bridgehead atoms. The first-order valence-corrected chi connectivity index (χ1v) is 15.0. The highest BCUT2D eigenvalue weighted by Crippen LogP contribution is 2.31. The number of hydrogen-bond donors (Lipinski definition) is 2. The molecular formula is C27H32FN3O3S2. The topological polar surface area (TPSA) is 78.5 Å². The number of carbonyl (C=O) groups excluding carboxylic acids is 1. The van der Waals surface area contributed by atoms with Gasteiger partial charge in [0.15, 0.2) is 0 Å². The molecule has 1 fully saturated rings. The first-order chi connectivity index (χ1) is 17.4. The summed E-state index contributed by atoms with van der Waals surface area (Å²) in [4.78, 5) is 15.4. The largest absolute Gasteiger partial charge is 0.369 e. The summed E-state index contributed by atoms with van der Waals surface area (Å²) in [5.41, 5.74) is 1.97. The van der Waals surface area contributed by atoms with Crippen molar-refractivity contribution in [2.45, 2.75) is 55.2 Å². The first kappa shape index (κ1) is 25.2. The van der Waals surface area contributed by atoms with Gasteiger partial charge in [0.05, 0.1) is 0 Å². The van der Waals surface area contributed by atoms with Gasteiger partial charge in [0.2, 0.25) is 5.91 Å². The fourth-order valence-electron chi connectivity index (χ4n) is 5.41. The number of sulfonamides is 1. The lowest BCUT2D eigenvalue weighted by Gasteiger charge is -2.27. The van der Waals surface area contributed by atoms with Crippen LogP contribution < -0.4 is 14.9 Å². The van der Waals surface area contributed by atoms with Crippen LogP contribution in [0, 0.1) is 11.7 Å². The van der Waals surface area contributed by atoms with E-state index in [-0.39, 0.29) is 15.9 Å². The van der Waals surface area contributed by atoms with Gasteiger partial charge in [0.25, 0.3) is 10.0 Å². The third-order valence-electron chi connectivity index (χ3n) is 7.29. The Bertz CT molecular complexity index is 1300. The molecule has 192 valence electrons. The van der Waals surface area contributed by atoms with E-state index in [1.54, 1.807) is 18.2 Å². The van der Waals surface area contributed by atoms with Crippen molar-refractivity contribution in [1.29, 1.82) is 0 Å². The SMILES string of the molecule is O=C(NCCN1CCc2cc(F)ccc21)[C@H](CC1CCCCC1)NS(=O)(=O)c1cc2ccccc2s1. The summed E-state index contributed by atoms with van der Waals surface area (Å²) in [7, 11) is -3.84. The van der Waals surface area contributed by atoms with Crippen molar-refractivity contribution in [3.05, 3.63) is 59.9 Å². The molecule has 36 heavy (non-hydrogen) atoms. The molecule has 6 nitrogen and oxygen atoms in total. The van der Waals surface area contributed by atoms with Crippen LogP contribution in [0.5, 0.6) is 0 Å². The molecule has 3 aromatic rings. The third-order valence-corrected chi connectivity index (χ3v) is 10.4. The Morgan fingerprint density at radius 1 is 1.11 bits per heavy atom. The van der Waals surface area contributed by atoms with Gasteiger partial charge in [-0.15, -0.1) is 11.3 Å². The van der Waals surface area contributed by atoms with Gasteiger partial charge in [-0.05, 0) is 60.0 Å². The maximum Gasteiger partial charge on any atom is 0.250 e. The fraction of sp³-hybridized carbons (Fsp3) is 0.444. The van der Waals surface area contributed by atoms with Gasteiger partial charge in [-0.3, -0.25) is 4.79 Å². The minimum absolute atomic E-state index is 0.228. The number of carbonyl (C=O) groups is 1. The Labute approximate surface area is 215 Å². The van der Waals surface area contributed by atoms with Crippen LogP contribution in [-0.4, -0.2) is 40.0 Å². The summed E-state index contributed by atoms with van der Waals surface area (Å²) >= 11 is 1.22. The van der Waals surface area contributed by atoms with E-state index in [0.717, 1.165) is 60.0 Å². The number of amides is 1. The van der Waals surface area contributed by atoms with E-state index in [1.807, 2.05) is 24.3 Å². The average molecular weight is 530 g/mol. The third kappa shape index (κ3) is 5.74. The van der Waals surface area contributed by atoms with E-state index in [9.17, 15) is 17.6 Å². The number of benzene rings is 2. The van der Waals surface area contributed by atoms with Crippen LogP contribution in [0.25, 0.3) is 10.1 Å². The van der Waals surface area contributed by atoms with Gasteiger partial charge in [0, 0.05) is 30.0 Å². The number of thiophene rings is 1. The highest BCUT2D eigenvalue weighted by Gasteiger charge is 2.30. The second-order valence-electron chi connectivity index (χ2n) is 9.82. The molecule has 1 amide bonds. The number of anilines is 1. The molecule has 1 atom stereocenters. The highest BCUT2D eigenvalue weighted by atomic mass is 32.2. The summed E-state index contributed by atoms with van der Waals surface area (Å²) in [5, 5.41) is 3.84. The quantitative estimate of drug-likeness (QED) is 0.416. The predicted molar refractivity (Wildman–Crippen MR) is 142 cm³/mol. The molecule has 2 aromatic carbocycles. The van der Waals surface area contributed by atoms with E-state index in [2.05, 4.69) is 14.9 Å². The second-order valence-corrected chi connectivity index (χ2v) is 12.8. The smallest absolute Gasteiger partial charge is 0.250 e. The van der Waals surface area contributed by atoms with Crippen LogP contribution >= 0.6 is 11.3 Å². The highest BCUT2D eigenvalue weighted by molar-refractivity contribution is 7.91. The summed E-state index contributed by atoms with van der Waals surface area (Å²) in [6.45, 7) is 1.75. The summed E-state index contributed by atoms with van der Waals surface area (Å²) < 4.78 is 43.9. The lowest BCUT2D eigenvalue weighted by atomic mass is 9.85. The van der Waals surface area contributed by atoms with E-state index < -0.39 is 16.1 Å². The molecule has 5 rings (SSSR count). The molecule has 1 aromatic heterocycles. The van der Waals surface area contributed by atoms with E-state index >= 15 is 0 Å². The summed E-state index contributed by atoms with van der Waals surface area (Å²) in [5.74, 6) is -0.191. The number of halogens is 1. The van der Waals surface area contributed by atoms with Crippen molar-refractivity contribution in [3.63, 3.8) is 0 Å². The zero-order valence-electron chi connectivity index (χ0n) is 20.2. The monoisotopic (exact) mass is 529 g/mol. The molecule has 2 heterocycles. The number of hydrogen-bond acceptors (Lipinski definition) is 5. The molecule has 2 N–H and O–H groups in total. The van der Waals surface area contributed by atoms with Crippen LogP contribution in [-0.2, 0) is 21.2 Å². The van der Waals surface area contributed by atoms with E-state index in [1.165, 1.54) is 23.8 Å². The zero-order chi connectivity index (χ0) is 25.1. The van der Waals surface area contributed by atoms with Crippen molar-refractivity contribution in [2.24, 2.45) is 5.92 Å². The molecule has 0 unspecified atom stereocenters. The number of nitrogens with zero attached hydrogens (tertiary/aromatic N) is 1. The Kier molecular flexibility index (Phi) is 7.60. The Morgan fingerprint density at radius 3 is 2.72 bits per heavy atom. The summed E-state index contributed by atoms with van der Waals surface area (Å²) in [6, 6.07) is 13.2. The van der Waals surface area contributed by atoms with Crippen molar-refractivity contribution in [2.75, 3.05) is 24.5 Å². The van der Waals surface area contributed by atoms with Gasteiger partial charge in [0.1, 0.15) is 16.1 Å². The first-order valence-electron chi connectivity index (χ1n) is 12.7. The minimum Gasteiger partial charge on any atom is -0.369 e. The maximum atomic E-state index is 13.5. The lowest BCUT2D eigenvalue weighted by Crippen LogP contribution is -2.49. The van der Waals surface area contributed by atoms with Crippen LogP contribution in [0.1, 0.15) is 44.1 Å². The molecule has 1 aliphatic carbocycles. The molecule has 0 spiro atoms. The van der Waals surface area contributed by atoms with Crippen LogP contribution in [0.2, 0.25) is 0 Å². The number of nitrogens with one attached hydrogen (secondary N) is 2. The molecule has 1 saturated carbocycles. The Morgan fingerprint density at radius 2 is 1.92 bits per heavy atom. The molecule has 0 saturated heterocycles. The molecular weight excluding hydrogens is 497 g/mol. The second kappa shape index (κ2) is 10.9. The molecule has 1 aliphatic heterocycles. The Balaban J connectivity index is 1.26. The molecule has 9 heteroatoms. The van der Waals surface area contributed by atoms with Crippen molar-refractivity contribution < 1.29 is 17.6 Å². The van der Waals surface area contributed by atoms with Gasteiger partial charge >= 0.3 is 0 Å².